The Morgan fingerprint density at radius 1 is 1.44 bits per heavy atom. The second-order valence-electron chi connectivity index (χ2n) is 4.36. The van der Waals surface area contributed by atoms with Crippen LogP contribution in [0.1, 0.15) is 18.0 Å². The summed E-state index contributed by atoms with van der Waals surface area (Å²) in [6.07, 6.45) is 0.840. The highest BCUT2D eigenvalue weighted by Gasteiger charge is 2.26. The van der Waals surface area contributed by atoms with Crippen molar-refractivity contribution in [3.8, 4) is 0 Å². The van der Waals surface area contributed by atoms with Gasteiger partial charge in [0, 0.05) is 13.1 Å². The number of carbonyl (C=O) groups excluding carboxylic acids is 2. The summed E-state index contributed by atoms with van der Waals surface area (Å²) in [4.78, 5) is 24.4. The smallest absolute Gasteiger partial charge is 0.318 e. The summed E-state index contributed by atoms with van der Waals surface area (Å²) in [6.45, 7) is 0.847. The van der Waals surface area contributed by atoms with E-state index < -0.39 is 12.1 Å². The molecule has 2 amide bonds. The van der Waals surface area contributed by atoms with Crippen LogP contribution in [0, 0.1) is 0 Å². The van der Waals surface area contributed by atoms with Crippen LogP contribution in [0.4, 0.5) is 4.79 Å². The van der Waals surface area contributed by atoms with E-state index in [1.807, 2.05) is 18.2 Å². The van der Waals surface area contributed by atoms with Crippen LogP contribution in [-0.2, 0) is 4.79 Å². The first-order valence-corrected chi connectivity index (χ1v) is 5.94. The fourth-order valence-electron chi connectivity index (χ4n) is 2.01. The average molecular weight is 248 g/mol. The molecular weight excluding hydrogens is 232 g/mol. The van der Waals surface area contributed by atoms with E-state index in [0.717, 1.165) is 5.56 Å². The van der Waals surface area contributed by atoms with Gasteiger partial charge in [0.2, 0.25) is 0 Å². The Morgan fingerprint density at radius 3 is 2.72 bits per heavy atom. The van der Waals surface area contributed by atoms with Crippen LogP contribution in [0.25, 0.3) is 0 Å². The number of amides is 2. The van der Waals surface area contributed by atoms with Gasteiger partial charge >= 0.3 is 6.03 Å². The molecule has 2 N–H and O–H groups in total. The van der Waals surface area contributed by atoms with Crippen molar-refractivity contribution in [2.75, 3.05) is 13.1 Å². The molecule has 2 atom stereocenters. The number of likely N-dealkylation sites (tertiary alicyclic amines) is 1. The molecule has 1 aliphatic rings. The number of aldehydes is 1. The molecule has 0 saturated carbocycles. The Hall–Kier alpha value is -1.88. The van der Waals surface area contributed by atoms with Crippen molar-refractivity contribution in [1.82, 2.24) is 10.2 Å². The average Bonchev–Trinajstić information content (AvgIpc) is 2.83. The quantitative estimate of drug-likeness (QED) is 0.774. The molecule has 96 valence electrons. The monoisotopic (exact) mass is 248 g/mol. The van der Waals surface area contributed by atoms with E-state index in [9.17, 15) is 14.7 Å². The summed E-state index contributed by atoms with van der Waals surface area (Å²) < 4.78 is 0. The maximum Gasteiger partial charge on any atom is 0.318 e. The minimum atomic E-state index is -0.642. The lowest BCUT2D eigenvalue weighted by Crippen LogP contribution is -2.41. The van der Waals surface area contributed by atoms with Crippen LogP contribution < -0.4 is 5.32 Å². The van der Waals surface area contributed by atoms with Gasteiger partial charge in [0.1, 0.15) is 12.3 Å². The predicted molar refractivity (Wildman–Crippen MR) is 66.0 cm³/mol. The summed E-state index contributed by atoms with van der Waals surface area (Å²) in [6, 6.07) is 8.11. The maximum absolute atomic E-state index is 11.9. The minimum Gasteiger partial charge on any atom is -0.391 e. The van der Waals surface area contributed by atoms with Gasteiger partial charge in [-0.05, 0) is 12.0 Å². The zero-order valence-corrected chi connectivity index (χ0v) is 9.95. The van der Waals surface area contributed by atoms with E-state index >= 15 is 0 Å². The first-order chi connectivity index (χ1) is 8.70. The van der Waals surface area contributed by atoms with Crippen molar-refractivity contribution in [2.45, 2.75) is 18.6 Å². The van der Waals surface area contributed by atoms with E-state index in [-0.39, 0.29) is 6.03 Å². The molecule has 1 fully saturated rings. The third-order valence-corrected chi connectivity index (χ3v) is 3.02. The summed E-state index contributed by atoms with van der Waals surface area (Å²) >= 11 is 0. The molecule has 0 bridgehead atoms. The standard InChI is InChI=1S/C13H16N2O3/c16-9-12(10-4-2-1-3-5-10)14-13(18)15-7-6-11(17)8-15/h1-5,9,11-12,17H,6-8H2,(H,14,18)/t11-,12-/m0/s1. The van der Waals surface area contributed by atoms with Crippen molar-refractivity contribution >= 4 is 12.3 Å². The molecule has 1 aliphatic heterocycles. The lowest BCUT2D eigenvalue weighted by molar-refractivity contribution is -0.109. The van der Waals surface area contributed by atoms with Crippen LogP contribution in [0.3, 0.4) is 0 Å². The molecular formula is C13H16N2O3. The molecule has 1 saturated heterocycles. The van der Waals surface area contributed by atoms with Crippen LogP contribution in [0.5, 0.6) is 0 Å². The van der Waals surface area contributed by atoms with Crippen molar-refractivity contribution < 1.29 is 14.7 Å². The normalized spacial score (nSPS) is 20.5. The van der Waals surface area contributed by atoms with Crippen molar-refractivity contribution in [2.24, 2.45) is 0 Å². The Bertz CT molecular complexity index is 422. The molecule has 0 unspecified atom stereocenters. The number of aliphatic hydroxyl groups excluding tert-OH is 1. The van der Waals surface area contributed by atoms with E-state index in [2.05, 4.69) is 5.32 Å². The summed E-state index contributed by atoms with van der Waals surface area (Å²) in [5.74, 6) is 0. The molecule has 5 nitrogen and oxygen atoms in total. The van der Waals surface area contributed by atoms with E-state index in [4.69, 9.17) is 0 Å². The topological polar surface area (TPSA) is 69.6 Å². The SMILES string of the molecule is O=C[C@H](NC(=O)N1CC[C@H](O)C1)c1ccccc1. The number of nitrogens with zero attached hydrogens (tertiary/aromatic N) is 1. The van der Waals surface area contributed by atoms with Gasteiger partial charge in [0.05, 0.1) is 6.10 Å². The van der Waals surface area contributed by atoms with Crippen molar-refractivity contribution in [1.29, 1.82) is 0 Å². The zero-order chi connectivity index (χ0) is 13.0. The summed E-state index contributed by atoms with van der Waals surface area (Å²) in [7, 11) is 0. The van der Waals surface area contributed by atoms with Crippen LogP contribution in [-0.4, -0.2) is 41.5 Å². The maximum atomic E-state index is 11.9. The van der Waals surface area contributed by atoms with E-state index in [0.29, 0.717) is 25.8 Å². The number of nitrogens with one attached hydrogen (secondary N) is 1. The fourth-order valence-corrected chi connectivity index (χ4v) is 2.01. The number of rotatable bonds is 3. The highest BCUT2D eigenvalue weighted by molar-refractivity contribution is 5.79. The molecule has 1 heterocycles. The molecule has 0 spiro atoms. The van der Waals surface area contributed by atoms with Gasteiger partial charge < -0.3 is 20.1 Å². The van der Waals surface area contributed by atoms with Gasteiger partial charge in [-0.25, -0.2) is 4.79 Å². The van der Waals surface area contributed by atoms with E-state index in [1.54, 1.807) is 12.1 Å². The van der Waals surface area contributed by atoms with Crippen LogP contribution in [0.15, 0.2) is 30.3 Å². The third-order valence-electron chi connectivity index (χ3n) is 3.02. The van der Waals surface area contributed by atoms with Gasteiger partial charge in [0.25, 0.3) is 0 Å². The molecule has 0 aliphatic carbocycles. The molecule has 18 heavy (non-hydrogen) atoms. The minimum absolute atomic E-state index is 0.312. The number of benzene rings is 1. The number of β-amino-alcohol motifs (C(OH)–C–C–N with tert-alkyl or cyclic N) is 1. The number of hydrogen-bond donors (Lipinski definition) is 2. The molecule has 1 aromatic carbocycles. The Kier molecular flexibility index (Phi) is 3.94. The highest BCUT2D eigenvalue weighted by atomic mass is 16.3. The van der Waals surface area contributed by atoms with E-state index in [1.165, 1.54) is 4.90 Å². The Balaban J connectivity index is 1.99. The number of hydrogen-bond acceptors (Lipinski definition) is 3. The lowest BCUT2D eigenvalue weighted by Gasteiger charge is -2.20. The van der Waals surface area contributed by atoms with Gasteiger partial charge in [-0.3, -0.25) is 0 Å². The number of aliphatic hydroxyl groups is 1. The van der Waals surface area contributed by atoms with Gasteiger partial charge in [-0.1, -0.05) is 30.3 Å². The second kappa shape index (κ2) is 5.64. The first-order valence-electron chi connectivity index (χ1n) is 5.94. The van der Waals surface area contributed by atoms with Crippen molar-refractivity contribution in [3.63, 3.8) is 0 Å². The second-order valence-corrected chi connectivity index (χ2v) is 4.36. The zero-order valence-electron chi connectivity index (χ0n) is 9.95. The lowest BCUT2D eigenvalue weighted by atomic mass is 10.1. The Morgan fingerprint density at radius 2 is 2.17 bits per heavy atom. The molecule has 0 radical (unpaired) electrons. The molecule has 0 aromatic heterocycles. The van der Waals surface area contributed by atoms with Gasteiger partial charge in [-0.2, -0.15) is 0 Å². The van der Waals surface area contributed by atoms with Gasteiger partial charge in [-0.15, -0.1) is 0 Å². The summed E-state index contributed by atoms with van der Waals surface area (Å²) in [5.41, 5.74) is 0.751. The van der Waals surface area contributed by atoms with Crippen molar-refractivity contribution in [3.05, 3.63) is 35.9 Å². The van der Waals surface area contributed by atoms with Crippen LogP contribution in [0.2, 0.25) is 0 Å². The molecule has 5 heteroatoms. The number of urea groups is 1. The molecule has 2 rings (SSSR count). The van der Waals surface area contributed by atoms with Crippen LogP contribution >= 0.6 is 0 Å². The summed E-state index contributed by atoms with van der Waals surface area (Å²) in [5, 5.41) is 12.0. The largest absolute Gasteiger partial charge is 0.391 e. The molecule has 1 aromatic rings. The number of carbonyl (C=O) groups is 2. The fraction of sp³-hybridized carbons (Fsp3) is 0.385. The predicted octanol–water partition coefficient (Wildman–Crippen LogP) is 0.703. The first kappa shape index (κ1) is 12.6. The van der Waals surface area contributed by atoms with Gasteiger partial charge in [0.15, 0.2) is 0 Å². The third kappa shape index (κ3) is 2.87. The Labute approximate surface area is 105 Å². The highest BCUT2D eigenvalue weighted by Crippen LogP contribution is 2.13.